The van der Waals surface area contributed by atoms with Crippen molar-refractivity contribution in [1.82, 2.24) is 20.4 Å². The first-order chi connectivity index (χ1) is 13.0. The van der Waals surface area contributed by atoms with Gasteiger partial charge in [-0.3, -0.25) is 14.6 Å². The lowest BCUT2D eigenvalue weighted by molar-refractivity contribution is -0.131. The molecule has 0 unspecified atom stereocenters. The second-order valence-corrected chi connectivity index (χ2v) is 6.17. The maximum Gasteiger partial charge on any atom is 0.242 e. The molecule has 0 atom stereocenters. The van der Waals surface area contributed by atoms with Crippen LogP contribution < -0.4 is 10.6 Å². The smallest absolute Gasteiger partial charge is 0.242 e. The van der Waals surface area contributed by atoms with Gasteiger partial charge in [-0.15, -0.1) is 24.0 Å². The number of halogens is 1. The van der Waals surface area contributed by atoms with Crippen molar-refractivity contribution < 1.29 is 9.59 Å². The molecule has 7 nitrogen and oxygen atoms in total. The molecule has 0 aliphatic rings. The molecule has 0 spiro atoms. The van der Waals surface area contributed by atoms with Gasteiger partial charge in [0.2, 0.25) is 11.8 Å². The number of rotatable bonds is 10. The van der Waals surface area contributed by atoms with Gasteiger partial charge in [0.1, 0.15) is 0 Å². The van der Waals surface area contributed by atoms with Crippen LogP contribution in [0.25, 0.3) is 0 Å². The molecule has 0 radical (unpaired) electrons. The average Bonchev–Trinajstić information content (AvgIpc) is 2.67. The predicted molar refractivity (Wildman–Crippen MR) is 125 cm³/mol. The van der Waals surface area contributed by atoms with Crippen LogP contribution in [0.5, 0.6) is 0 Å². The van der Waals surface area contributed by atoms with Crippen molar-refractivity contribution in [3.63, 3.8) is 0 Å². The van der Waals surface area contributed by atoms with Gasteiger partial charge in [0, 0.05) is 39.6 Å². The lowest BCUT2D eigenvalue weighted by Gasteiger charge is -2.25. The molecule has 0 heterocycles. The van der Waals surface area contributed by atoms with Crippen molar-refractivity contribution in [2.75, 3.05) is 39.8 Å². The van der Waals surface area contributed by atoms with Crippen molar-refractivity contribution in [3.8, 4) is 0 Å². The molecule has 0 fully saturated rings. The van der Waals surface area contributed by atoms with E-state index in [9.17, 15) is 9.59 Å². The minimum atomic E-state index is -0.0414. The van der Waals surface area contributed by atoms with Crippen LogP contribution >= 0.6 is 24.0 Å². The molecule has 8 heteroatoms. The van der Waals surface area contributed by atoms with Crippen molar-refractivity contribution >= 4 is 41.8 Å². The fourth-order valence-electron chi connectivity index (χ4n) is 2.57. The number of carbonyl (C=O) groups excluding carboxylic acids is 2. The molecule has 28 heavy (non-hydrogen) atoms. The summed E-state index contributed by atoms with van der Waals surface area (Å²) >= 11 is 0. The van der Waals surface area contributed by atoms with E-state index in [1.54, 1.807) is 9.80 Å². The van der Waals surface area contributed by atoms with E-state index in [0.29, 0.717) is 45.1 Å². The highest BCUT2D eigenvalue weighted by molar-refractivity contribution is 14.0. The lowest BCUT2D eigenvalue weighted by Crippen LogP contribution is -2.45. The Morgan fingerprint density at radius 1 is 1.04 bits per heavy atom. The van der Waals surface area contributed by atoms with E-state index in [4.69, 9.17) is 0 Å². The van der Waals surface area contributed by atoms with Gasteiger partial charge in [0.05, 0.1) is 13.1 Å². The summed E-state index contributed by atoms with van der Waals surface area (Å²) in [5.74, 6) is 0.655. The van der Waals surface area contributed by atoms with E-state index in [2.05, 4.69) is 15.6 Å². The normalized spacial score (nSPS) is 10.6. The molecule has 158 valence electrons. The Morgan fingerprint density at radius 2 is 1.68 bits per heavy atom. The molecule has 0 saturated carbocycles. The number of nitrogens with zero attached hydrogens (tertiary/aromatic N) is 3. The Balaban J connectivity index is 0.00000729. The summed E-state index contributed by atoms with van der Waals surface area (Å²) in [7, 11) is 1.83. The highest BCUT2D eigenvalue weighted by Crippen LogP contribution is 1.98. The van der Waals surface area contributed by atoms with Gasteiger partial charge < -0.3 is 20.4 Å². The number of hydrogen-bond acceptors (Lipinski definition) is 3. The van der Waals surface area contributed by atoms with Gasteiger partial charge in [0.15, 0.2) is 5.96 Å². The van der Waals surface area contributed by atoms with Crippen LogP contribution in [-0.4, -0.2) is 67.3 Å². The Morgan fingerprint density at radius 3 is 2.25 bits per heavy atom. The zero-order valence-corrected chi connectivity index (χ0v) is 19.7. The van der Waals surface area contributed by atoms with Gasteiger partial charge in [0.25, 0.3) is 0 Å². The minimum Gasteiger partial charge on any atom is -0.357 e. The topological polar surface area (TPSA) is 77.0 Å². The summed E-state index contributed by atoms with van der Waals surface area (Å²) in [4.78, 5) is 32.3. The third-order valence-corrected chi connectivity index (χ3v) is 4.12. The van der Waals surface area contributed by atoms with Crippen LogP contribution in [0.1, 0.15) is 32.8 Å². The largest absolute Gasteiger partial charge is 0.357 e. The number of guanidine groups is 1. The highest BCUT2D eigenvalue weighted by atomic mass is 127. The van der Waals surface area contributed by atoms with E-state index in [0.717, 1.165) is 5.56 Å². The summed E-state index contributed by atoms with van der Waals surface area (Å²) in [5.41, 5.74) is 1.07. The summed E-state index contributed by atoms with van der Waals surface area (Å²) in [6.07, 6.45) is 0.305. The molecule has 0 bridgehead atoms. The van der Waals surface area contributed by atoms with Crippen LogP contribution in [0.3, 0.4) is 0 Å². The van der Waals surface area contributed by atoms with E-state index in [-0.39, 0.29) is 42.3 Å². The van der Waals surface area contributed by atoms with Crippen LogP contribution in [0.4, 0.5) is 0 Å². The Labute approximate surface area is 186 Å². The van der Waals surface area contributed by atoms with Crippen molar-refractivity contribution in [1.29, 1.82) is 0 Å². The van der Waals surface area contributed by atoms with Crippen LogP contribution in [-0.2, 0) is 16.1 Å². The maximum atomic E-state index is 12.3. The minimum absolute atomic E-state index is 0. The standard InChI is InChI=1S/C20H33N5O2.HI/c1-5-21-20(24(4)16-19(27)25(6-2)7-3)22-14-13-18(26)23-15-17-11-9-8-10-12-17;/h8-12H,5-7,13-16H2,1-4H3,(H,21,22)(H,23,26);1H. The average molecular weight is 503 g/mol. The molecule has 1 aromatic carbocycles. The zero-order chi connectivity index (χ0) is 20.1. The fraction of sp³-hybridized carbons (Fsp3) is 0.550. The van der Waals surface area contributed by atoms with Crippen molar-refractivity contribution in [3.05, 3.63) is 35.9 Å². The fourth-order valence-corrected chi connectivity index (χ4v) is 2.57. The SMILES string of the molecule is CCNC(=NCCC(=O)NCc1ccccc1)N(C)CC(=O)N(CC)CC.I. The maximum absolute atomic E-state index is 12.3. The molecular weight excluding hydrogens is 469 g/mol. The van der Waals surface area contributed by atoms with E-state index in [1.807, 2.05) is 58.2 Å². The number of nitrogens with one attached hydrogen (secondary N) is 2. The second kappa shape index (κ2) is 15.1. The molecule has 2 N–H and O–H groups in total. The van der Waals surface area contributed by atoms with E-state index in [1.165, 1.54) is 0 Å². The number of aliphatic imine (C=N–C) groups is 1. The van der Waals surface area contributed by atoms with Gasteiger partial charge >= 0.3 is 0 Å². The second-order valence-electron chi connectivity index (χ2n) is 6.17. The zero-order valence-electron chi connectivity index (χ0n) is 17.4. The van der Waals surface area contributed by atoms with Crippen molar-refractivity contribution in [2.24, 2.45) is 4.99 Å². The molecule has 1 aromatic rings. The first kappa shape index (κ1) is 26.2. The van der Waals surface area contributed by atoms with Crippen LogP contribution in [0, 0.1) is 0 Å². The summed E-state index contributed by atoms with van der Waals surface area (Å²) in [5, 5.41) is 6.06. The van der Waals surface area contributed by atoms with Crippen molar-refractivity contribution in [2.45, 2.75) is 33.7 Å². The highest BCUT2D eigenvalue weighted by Gasteiger charge is 2.15. The number of amides is 2. The number of hydrogen-bond donors (Lipinski definition) is 2. The Kier molecular flexibility index (Phi) is 14.1. The molecule has 0 aromatic heterocycles. The lowest BCUT2D eigenvalue weighted by atomic mass is 10.2. The first-order valence-electron chi connectivity index (χ1n) is 9.59. The van der Waals surface area contributed by atoms with E-state index < -0.39 is 0 Å². The molecule has 0 aliphatic carbocycles. The number of likely N-dealkylation sites (N-methyl/N-ethyl adjacent to an activating group) is 2. The summed E-state index contributed by atoms with van der Waals surface area (Å²) < 4.78 is 0. The Hall–Kier alpha value is -1.84. The first-order valence-corrected chi connectivity index (χ1v) is 9.59. The van der Waals surface area contributed by atoms with Gasteiger partial charge in [-0.1, -0.05) is 30.3 Å². The van der Waals surface area contributed by atoms with Gasteiger partial charge in [-0.25, -0.2) is 0 Å². The predicted octanol–water partition coefficient (Wildman–Crippen LogP) is 2.08. The summed E-state index contributed by atoms with van der Waals surface area (Å²) in [6, 6.07) is 9.80. The molecule has 0 saturated heterocycles. The number of benzene rings is 1. The van der Waals surface area contributed by atoms with E-state index >= 15 is 0 Å². The third-order valence-electron chi connectivity index (χ3n) is 4.12. The third kappa shape index (κ3) is 9.91. The van der Waals surface area contributed by atoms with Crippen LogP contribution in [0.15, 0.2) is 35.3 Å². The number of carbonyl (C=O) groups is 2. The monoisotopic (exact) mass is 503 g/mol. The van der Waals surface area contributed by atoms with Gasteiger partial charge in [-0.2, -0.15) is 0 Å². The summed E-state index contributed by atoms with van der Waals surface area (Å²) in [6.45, 7) is 9.13. The quantitative estimate of drug-likeness (QED) is 0.291. The molecule has 1 rings (SSSR count). The molecule has 0 aliphatic heterocycles. The molecular formula is C20H34IN5O2. The van der Waals surface area contributed by atoms with Crippen LogP contribution in [0.2, 0.25) is 0 Å². The molecule has 2 amide bonds. The van der Waals surface area contributed by atoms with Gasteiger partial charge in [-0.05, 0) is 26.3 Å². The Bertz CT molecular complexity index is 606.